The fraction of sp³-hybridized carbons (Fsp3) is 0.118. The van der Waals surface area contributed by atoms with E-state index in [1.807, 2.05) is 60.8 Å². The van der Waals surface area contributed by atoms with Crippen LogP contribution in [0.3, 0.4) is 0 Å². The number of aromatic nitrogens is 2. The third-order valence-electron chi connectivity index (χ3n) is 3.16. The minimum atomic E-state index is 0.597. The highest BCUT2D eigenvalue weighted by Gasteiger charge is 2.08. The standard InChI is InChI=1S/C17H16BrN3OS/c18-14-6-8-15(9-7-14)22-10-11-23-17-20-16(12-21(17)19)13-4-2-1-3-5-13/h1-9,12H,10-11,19H2. The Kier molecular flexibility index (Phi) is 5.25. The number of nitrogen functional groups attached to an aromatic ring is 1. The Balaban J connectivity index is 1.54. The largest absolute Gasteiger partial charge is 0.493 e. The molecule has 0 atom stereocenters. The Morgan fingerprint density at radius 2 is 1.83 bits per heavy atom. The third kappa shape index (κ3) is 4.30. The van der Waals surface area contributed by atoms with Gasteiger partial charge in [-0.3, -0.25) is 0 Å². The van der Waals surface area contributed by atoms with Crippen LogP contribution in [-0.4, -0.2) is 22.0 Å². The molecule has 0 bridgehead atoms. The molecule has 3 aromatic rings. The first-order chi connectivity index (χ1) is 11.2. The molecule has 2 aromatic carbocycles. The van der Waals surface area contributed by atoms with E-state index in [0.29, 0.717) is 6.61 Å². The highest BCUT2D eigenvalue weighted by molar-refractivity contribution is 9.10. The molecule has 0 saturated heterocycles. The van der Waals surface area contributed by atoms with Gasteiger partial charge >= 0.3 is 0 Å². The minimum absolute atomic E-state index is 0.597. The monoisotopic (exact) mass is 389 g/mol. The van der Waals surface area contributed by atoms with Crippen LogP contribution < -0.4 is 10.6 Å². The van der Waals surface area contributed by atoms with Crippen molar-refractivity contribution in [1.82, 2.24) is 9.66 Å². The van der Waals surface area contributed by atoms with Crippen LogP contribution in [0, 0.1) is 0 Å². The van der Waals surface area contributed by atoms with E-state index in [9.17, 15) is 0 Å². The van der Waals surface area contributed by atoms with Crippen LogP contribution in [0.25, 0.3) is 11.3 Å². The van der Waals surface area contributed by atoms with Crippen LogP contribution in [0.4, 0.5) is 0 Å². The van der Waals surface area contributed by atoms with E-state index >= 15 is 0 Å². The van der Waals surface area contributed by atoms with Gasteiger partial charge in [0.05, 0.1) is 18.5 Å². The molecule has 0 unspecified atom stereocenters. The Bertz CT molecular complexity index is 759. The van der Waals surface area contributed by atoms with Gasteiger partial charge in [0.1, 0.15) is 5.75 Å². The number of hydrogen-bond donors (Lipinski definition) is 1. The van der Waals surface area contributed by atoms with E-state index in [1.165, 1.54) is 0 Å². The van der Waals surface area contributed by atoms with Gasteiger partial charge in [0, 0.05) is 15.8 Å². The SMILES string of the molecule is Nn1cc(-c2ccccc2)nc1SCCOc1ccc(Br)cc1. The third-order valence-corrected chi connectivity index (χ3v) is 4.62. The molecule has 3 rings (SSSR count). The summed E-state index contributed by atoms with van der Waals surface area (Å²) >= 11 is 4.98. The molecular formula is C17H16BrN3OS. The average molecular weight is 390 g/mol. The predicted octanol–water partition coefficient (Wildman–Crippen LogP) is 4.20. The van der Waals surface area contributed by atoms with Gasteiger partial charge in [-0.25, -0.2) is 9.66 Å². The molecule has 23 heavy (non-hydrogen) atoms. The fourth-order valence-corrected chi connectivity index (χ4v) is 3.03. The molecule has 118 valence electrons. The lowest BCUT2D eigenvalue weighted by Crippen LogP contribution is -2.09. The van der Waals surface area contributed by atoms with Crippen LogP contribution >= 0.6 is 27.7 Å². The quantitative estimate of drug-likeness (QED) is 0.390. The number of benzene rings is 2. The second-order valence-corrected chi connectivity index (χ2v) is 6.81. The molecule has 4 nitrogen and oxygen atoms in total. The molecule has 1 aromatic heterocycles. The Labute approximate surface area is 147 Å². The van der Waals surface area contributed by atoms with Gasteiger partial charge in [0.2, 0.25) is 0 Å². The summed E-state index contributed by atoms with van der Waals surface area (Å²) in [5.41, 5.74) is 1.94. The topological polar surface area (TPSA) is 53.1 Å². The highest BCUT2D eigenvalue weighted by Crippen LogP contribution is 2.23. The number of halogens is 1. The van der Waals surface area contributed by atoms with Crippen molar-refractivity contribution < 1.29 is 4.74 Å². The van der Waals surface area contributed by atoms with E-state index < -0.39 is 0 Å². The number of imidazole rings is 1. The van der Waals surface area contributed by atoms with Gasteiger partial charge in [0.25, 0.3) is 0 Å². The number of hydrogen-bond acceptors (Lipinski definition) is 4. The fourth-order valence-electron chi connectivity index (χ4n) is 2.05. The Morgan fingerprint density at radius 3 is 2.57 bits per heavy atom. The lowest BCUT2D eigenvalue weighted by atomic mass is 10.2. The molecule has 2 N–H and O–H groups in total. The van der Waals surface area contributed by atoms with E-state index in [4.69, 9.17) is 10.6 Å². The normalized spacial score (nSPS) is 10.7. The predicted molar refractivity (Wildman–Crippen MR) is 98.2 cm³/mol. The summed E-state index contributed by atoms with van der Waals surface area (Å²) in [6, 6.07) is 17.8. The van der Waals surface area contributed by atoms with Crippen molar-refractivity contribution in [2.75, 3.05) is 18.2 Å². The maximum absolute atomic E-state index is 5.98. The molecule has 0 aliphatic rings. The molecule has 0 aliphatic heterocycles. The Hall–Kier alpha value is -1.92. The second-order valence-electron chi connectivity index (χ2n) is 4.83. The number of thioether (sulfide) groups is 1. The maximum Gasteiger partial charge on any atom is 0.187 e. The number of rotatable bonds is 6. The van der Waals surface area contributed by atoms with Crippen molar-refractivity contribution in [3.63, 3.8) is 0 Å². The van der Waals surface area contributed by atoms with Crippen molar-refractivity contribution in [1.29, 1.82) is 0 Å². The zero-order valence-corrected chi connectivity index (χ0v) is 14.8. The van der Waals surface area contributed by atoms with E-state index in [1.54, 1.807) is 16.4 Å². The molecule has 0 radical (unpaired) electrons. The lowest BCUT2D eigenvalue weighted by molar-refractivity contribution is 0.344. The second kappa shape index (κ2) is 7.57. The zero-order chi connectivity index (χ0) is 16.1. The summed E-state index contributed by atoms with van der Waals surface area (Å²) in [6.07, 6.45) is 1.84. The van der Waals surface area contributed by atoms with Crippen LogP contribution in [0.1, 0.15) is 0 Å². The average Bonchev–Trinajstić information content (AvgIpc) is 2.95. The van der Waals surface area contributed by atoms with Gasteiger partial charge in [0.15, 0.2) is 5.16 Å². The lowest BCUT2D eigenvalue weighted by Gasteiger charge is -2.05. The number of nitrogens with two attached hydrogens (primary N) is 1. The van der Waals surface area contributed by atoms with Gasteiger partial charge < -0.3 is 10.6 Å². The van der Waals surface area contributed by atoms with Crippen LogP contribution in [0.2, 0.25) is 0 Å². The van der Waals surface area contributed by atoms with E-state index in [2.05, 4.69) is 20.9 Å². The number of nitrogens with zero attached hydrogens (tertiary/aromatic N) is 2. The van der Waals surface area contributed by atoms with Crippen LogP contribution in [0.15, 0.2) is 70.4 Å². The Morgan fingerprint density at radius 1 is 1.09 bits per heavy atom. The first kappa shape index (κ1) is 16.0. The summed E-state index contributed by atoms with van der Waals surface area (Å²) in [4.78, 5) is 4.58. The molecule has 0 fully saturated rings. The molecule has 0 amide bonds. The van der Waals surface area contributed by atoms with Crippen molar-refractivity contribution in [2.24, 2.45) is 0 Å². The first-order valence-electron chi connectivity index (χ1n) is 7.13. The summed E-state index contributed by atoms with van der Waals surface area (Å²) in [5.74, 6) is 7.61. The van der Waals surface area contributed by atoms with E-state index in [-0.39, 0.29) is 0 Å². The molecule has 0 saturated carbocycles. The molecule has 1 heterocycles. The van der Waals surface area contributed by atoms with Crippen LogP contribution in [-0.2, 0) is 0 Å². The van der Waals surface area contributed by atoms with Gasteiger partial charge in [-0.1, -0.05) is 58.0 Å². The first-order valence-corrected chi connectivity index (χ1v) is 8.91. The summed E-state index contributed by atoms with van der Waals surface area (Å²) in [7, 11) is 0. The van der Waals surface area contributed by atoms with Gasteiger partial charge in [-0.05, 0) is 24.3 Å². The van der Waals surface area contributed by atoms with Crippen molar-refractivity contribution in [3.8, 4) is 17.0 Å². The highest BCUT2D eigenvalue weighted by atomic mass is 79.9. The maximum atomic E-state index is 5.98. The van der Waals surface area contributed by atoms with Crippen LogP contribution in [0.5, 0.6) is 5.75 Å². The van der Waals surface area contributed by atoms with Crippen molar-refractivity contribution in [2.45, 2.75) is 5.16 Å². The summed E-state index contributed by atoms with van der Waals surface area (Å²) in [5, 5.41) is 0.781. The van der Waals surface area contributed by atoms with E-state index in [0.717, 1.165) is 32.4 Å². The number of ether oxygens (including phenoxy) is 1. The van der Waals surface area contributed by atoms with Crippen molar-refractivity contribution >= 4 is 27.7 Å². The van der Waals surface area contributed by atoms with Gasteiger partial charge in [-0.15, -0.1) is 0 Å². The smallest absolute Gasteiger partial charge is 0.187 e. The molecular weight excluding hydrogens is 374 g/mol. The molecule has 0 spiro atoms. The zero-order valence-electron chi connectivity index (χ0n) is 12.4. The summed E-state index contributed by atoms with van der Waals surface area (Å²) in [6.45, 7) is 0.597. The molecule has 6 heteroatoms. The van der Waals surface area contributed by atoms with Gasteiger partial charge in [-0.2, -0.15) is 0 Å². The summed E-state index contributed by atoms with van der Waals surface area (Å²) < 4.78 is 8.30. The minimum Gasteiger partial charge on any atom is -0.493 e. The molecule has 0 aliphatic carbocycles. The van der Waals surface area contributed by atoms with Crippen molar-refractivity contribution in [3.05, 3.63) is 65.3 Å².